The van der Waals surface area contributed by atoms with Gasteiger partial charge in [-0.15, -0.1) is 0 Å². The third-order valence-electron chi connectivity index (χ3n) is 3.21. The van der Waals surface area contributed by atoms with Gasteiger partial charge in [0.2, 0.25) is 0 Å². The Balaban J connectivity index is 6.12. The Kier molecular flexibility index (Phi) is 7.13. The molecule has 0 nitrogen and oxygen atoms in total. The number of hydrogen-bond donors (Lipinski definition) is 0. The molecule has 0 saturated carbocycles. The molecule has 0 aromatic carbocycles. The topological polar surface area (TPSA) is 0 Å². The van der Waals surface area contributed by atoms with Crippen LogP contribution in [0, 0.1) is 0 Å². The molecule has 0 aliphatic heterocycles. The van der Waals surface area contributed by atoms with Crippen molar-refractivity contribution in [3.05, 3.63) is 0 Å². The smallest absolute Gasteiger partial charge is 0.200 e. The van der Waals surface area contributed by atoms with Gasteiger partial charge in [0.25, 0.3) is 0 Å². The lowest BCUT2D eigenvalue weighted by Crippen LogP contribution is -2.65. The first-order chi connectivity index (χ1) is 12.1. The first kappa shape index (κ1) is 28.5. The molecule has 0 rings (SSSR count). The van der Waals surface area contributed by atoms with Crippen LogP contribution >= 0.6 is 22.6 Å². The number of alkyl halides is 19. The van der Waals surface area contributed by atoms with Crippen LogP contribution in [0.3, 0.4) is 0 Å². The van der Waals surface area contributed by atoms with E-state index in [-0.39, 0.29) is 0 Å². The van der Waals surface area contributed by atoms with E-state index in [0.717, 1.165) is 0 Å². The molecule has 1 atom stereocenters. The minimum absolute atomic E-state index is 0.478. The van der Waals surface area contributed by atoms with Gasteiger partial charge in [-0.1, -0.05) is 22.6 Å². The van der Waals surface area contributed by atoms with Crippen LogP contribution < -0.4 is 0 Å². The van der Waals surface area contributed by atoms with Gasteiger partial charge in [0.05, 0.1) is 3.92 Å². The monoisotopic (exact) mass is 592 g/mol. The summed E-state index contributed by atoms with van der Waals surface area (Å²) in [5.74, 6) is -44.2. The summed E-state index contributed by atoms with van der Waals surface area (Å²) in [4.78, 5) is 0. The second kappa shape index (κ2) is 7.27. The van der Waals surface area contributed by atoms with Crippen LogP contribution in [0.5, 0.6) is 0 Å². The van der Waals surface area contributed by atoms with E-state index in [1.165, 1.54) is 0 Å². The zero-order valence-corrected chi connectivity index (χ0v) is 14.6. The summed E-state index contributed by atoms with van der Waals surface area (Å²) >= 11 is -0.478. The Bertz CT molecular complexity index is 582. The Morgan fingerprint density at radius 2 is 0.724 bits per heavy atom. The van der Waals surface area contributed by atoms with E-state index in [9.17, 15) is 79.0 Å². The van der Waals surface area contributed by atoms with E-state index in [4.69, 9.17) is 0 Å². The lowest BCUT2D eigenvalue weighted by Gasteiger charge is -2.38. The minimum Gasteiger partial charge on any atom is -0.200 e. The summed E-state index contributed by atoms with van der Waals surface area (Å²) in [6, 6.07) is 0. The molecule has 0 aliphatic carbocycles. The van der Waals surface area contributed by atoms with Gasteiger partial charge in [0.15, 0.2) is 0 Å². The average molecular weight is 592 g/mol. The molecule has 0 aliphatic rings. The molecule has 29 heavy (non-hydrogen) atoms. The molecule has 0 unspecified atom stereocenters. The SMILES string of the molecule is FC(F)(F)C(F)(F)C(F)(F)C(F)(F)C[C@@H](I)C(F)(F)C(F)(F)C(F)(F)C(F)(F)F. The Morgan fingerprint density at radius 1 is 0.448 bits per heavy atom. The van der Waals surface area contributed by atoms with Crippen LogP contribution in [0.15, 0.2) is 0 Å². The summed E-state index contributed by atoms with van der Waals surface area (Å²) in [7, 11) is 0. The van der Waals surface area contributed by atoms with Gasteiger partial charge in [-0.25, -0.2) is 0 Å². The summed E-state index contributed by atoms with van der Waals surface area (Å²) in [6.45, 7) is 0. The van der Waals surface area contributed by atoms with Crippen LogP contribution in [0.1, 0.15) is 6.42 Å². The fraction of sp³-hybridized carbons (Fsp3) is 1.00. The summed E-state index contributed by atoms with van der Waals surface area (Å²) < 4.78 is 222. The molecule has 19 heteroatoms. The van der Waals surface area contributed by atoms with E-state index in [1.54, 1.807) is 0 Å². The lowest BCUT2D eigenvalue weighted by atomic mass is 9.93. The average Bonchev–Trinajstić information content (AvgIpc) is 2.43. The number of hydrogen-bond acceptors (Lipinski definition) is 0. The fourth-order valence-corrected chi connectivity index (χ4v) is 2.42. The molecule has 0 heterocycles. The van der Waals surface area contributed by atoms with E-state index < -0.39 is 80.8 Å². The molecule has 0 fully saturated rings. The maximum atomic E-state index is 13.3. The highest BCUT2D eigenvalue weighted by atomic mass is 127. The third kappa shape index (κ3) is 4.29. The van der Waals surface area contributed by atoms with Gasteiger partial charge < -0.3 is 0 Å². The summed E-state index contributed by atoms with van der Waals surface area (Å²) in [5.41, 5.74) is 0. The molecular weight excluding hydrogens is 589 g/mol. The van der Waals surface area contributed by atoms with Crippen molar-refractivity contribution < 1.29 is 79.0 Å². The Hall–Kier alpha value is -0.530. The highest BCUT2D eigenvalue weighted by Gasteiger charge is 2.85. The molecule has 0 radical (unpaired) electrons. The lowest BCUT2D eigenvalue weighted by molar-refractivity contribution is -0.404. The molecule has 0 amide bonds. The van der Waals surface area contributed by atoms with Gasteiger partial charge >= 0.3 is 47.9 Å². The molecule has 176 valence electrons. The van der Waals surface area contributed by atoms with Crippen LogP contribution in [0.2, 0.25) is 0 Å². The van der Waals surface area contributed by atoms with Crippen molar-refractivity contribution in [2.45, 2.75) is 58.2 Å². The number of halogens is 19. The largest absolute Gasteiger partial charge is 0.460 e. The fourth-order valence-electron chi connectivity index (χ4n) is 1.47. The predicted octanol–water partition coefficient (Wildman–Crippen LogP) is 7.12. The molecule has 0 aromatic rings. The summed E-state index contributed by atoms with van der Waals surface area (Å²) in [5, 5.41) is 0. The van der Waals surface area contributed by atoms with E-state index >= 15 is 0 Å². The molecule has 0 saturated heterocycles. The second-order valence-corrected chi connectivity index (χ2v) is 6.80. The zero-order valence-electron chi connectivity index (χ0n) is 12.5. The first-order valence-electron chi connectivity index (χ1n) is 6.17. The third-order valence-corrected chi connectivity index (χ3v) is 4.43. The molecule has 0 bridgehead atoms. The van der Waals surface area contributed by atoms with Crippen molar-refractivity contribution in [1.29, 1.82) is 0 Å². The predicted molar refractivity (Wildman–Crippen MR) is 64.2 cm³/mol. The van der Waals surface area contributed by atoms with Crippen molar-refractivity contribution in [1.82, 2.24) is 0 Å². The highest BCUT2D eigenvalue weighted by molar-refractivity contribution is 14.1. The van der Waals surface area contributed by atoms with Gasteiger partial charge in [-0.2, -0.15) is 79.0 Å². The van der Waals surface area contributed by atoms with Crippen molar-refractivity contribution in [2.24, 2.45) is 0 Å². The maximum Gasteiger partial charge on any atom is 0.460 e. The number of rotatable bonds is 7. The molecule has 0 spiro atoms. The Morgan fingerprint density at radius 3 is 1.00 bits per heavy atom. The van der Waals surface area contributed by atoms with E-state index in [1.807, 2.05) is 0 Å². The van der Waals surface area contributed by atoms with Crippen LogP contribution in [0.4, 0.5) is 79.0 Å². The van der Waals surface area contributed by atoms with Gasteiger partial charge in [-0.3, -0.25) is 0 Å². The van der Waals surface area contributed by atoms with Crippen LogP contribution in [-0.4, -0.2) is 51.8 Å². The normalized spacial score (nSPS) is 17.5. The van der Waals surface area contributed by atoms with Crippen molar-refractivity contribution in [2.75, 3.05) is 0 Å². The summed E-state index contributed by atoms with van der Waals surface area (Å²) in [6.07, 6.45) is -18.6. The Labute approximate surface area is 160 Å². The zero-order chi connectivity index (χ0) is 24.3. The second-order valence-electron chi connectivity index (χ2n) is 5.29. The molecular formula is C10H3F18I. The van der Waals surface area contributed by atoms with Crippen LogP contribution in [0.25, 0.3) is 0 Å². The quantitative estimate of drug-likeness (QED) is 0.168. The highest BCUT2D eigenvalue weighted by Crippen LogP contribution is 2.59. The van der Waals surface area contributed by atoms with E-state index in [2.05, 4.69) is 0 Å². The van der Waals surface area contributed by atoms with Gasteiger partial charge in [-0.05, 0) is 0 Å². The maximum absolute atomic E-state index is 13.3. The van der Waals surface area contributed by atoms with Gasteiger partial charge in [0.1, 0.15) is 0 Å². The van der Waals surface area contributed by atoms with Crippen molar-refractivity contribution in [3.8, 4) is 0 Å². The molecule has 0 N–H and O–H groups in total. The van der Waals surface area contributed by atoms with Crippen molar-refractivity contribution in [3.63, 3.8) is 0 Å². The van der Waals surface area contributed by atoms with E-state index in [0.29, 0.717) is 0 Å². The van der Waals surface area contributed by atoms with Crippen molar-refractivity contribution >= 4 is 22.6 Å². The minimum atomic E-state index is -7.62. The van der Waals surface area contributed by atoms with Gasteiger partial charge in [0, 0.05) is 6.42 Å². The molecule has 0 aromatic heterocycles. The van der Waals surface area contributed by atoms with Crippen LogP contribution in [-0.2, 0) is 0 Å². The standard InChI is InChI=1S/C10H3F18I/c11-3(12,5(15,16)7(19,20)9(23,24)25)1-2(29)4(13,14)6(17,18)8(21,22)10(26,27)28/h2H,1H2/t2-/m1/s1. The first-order valence-corrected chi connectivity index (χ1v) is 7.42.